The van der Waals surface area contributed by atoms with Crippen LogP contribution < -0.4 is 16.4 Å². The molecule has 192 valence electrons. The van der Waals surface area contributed by atoms with E-state index >= 15 is 0 Å². The lowest BCUT2D eigenvalue weighted by Crippen LogP contribution is -2.46. The van der Waals surface area contributed by atoms with E-state index in [-0.39, 0.29) is 20.3 Å². The van der Waals surface area contributed by atoms with E-state index in [1.165, 1.54) is 17.4 Å². The predicted octanol–water partition coefficient (Wildman–Crippen LogP) is 4.17. The average Bonchev–Trinajstić information content (AvgIpc) is 3.33. The fourth-order valence-corrected chi connectivity index (χ4v) is 6.26. The van der Waals surface area contributed by atoms with E-state index in [9.17, 15) is 9.59 Å². The van der Waals surface area contributed by atoms with Crippen molar-refractivity contribution in [1.82, 2.24) is 20.2 Å². The van der Waals surface area contributed by atoms with Crippen molar-refractivity contribution in [3.8, 4) is 0 Å². The molecule has 5 rings (SSSR count). The van der Waals surface area contributed by atoms with E-state index in [1.807, 2.05) is 0 Å². The van der Waals surface area contributed by atoms with Gasteiger partial charge < -0.3 is 26.7 Å². The van der Waals surface area contributed by atoms with Crippen molar-refractivity contribution < 1.29 is 12.4 Å². The summed E-state index contributed by atoms with van der Waals surface area (Å²) in [5.74, 6) is -0.564. The molecule has 10 heteroatoms. The van der Waals surface area contributed by atoms with Crippen LogP contribution in [0.4, 0.5) is 11.4 Å². The molecule has 1 aromatic carbocycles. The third-order valence-corrected chi connectivity index (χ3v) is 8.39. The summed E-state index contributed by atoms with van der Waals surface area (Å²) in [7, 11) is 0. The molecule has 2 aliphatic rings. The first kappa shape index (κ1) is 24.3. The molecule has 2 aromatic heterocycles. The number of hydrogen-bond acceptors (Lipinski definition) is 8. The minimum Gasteiger partial charge on any atom is -0.396 e. The smallest absolute Gasteiger partial charge is 0.314 e. The average molecular weight is 510 g/mol. The summed E-state index contributed by atoms with van der Waals surface area (Å²) in [4.78, 5) is 37.0. The Morgan fingerprint density at radius 3 is 2.83 bits per heavy atom. The molecule has 0 unspecified atom stereocenters. The number of anilines is 2. The van der Waals surface area contributed by atoms with E-state index in [1.54, 1.807) is 16.2 Å². The Morgan fingerprint density at radius 1 is 1.25 bits per heavy atom. The molecule has 2 aliphatic heterocycles. The molecular weight excluding hydrogens is 474 g/mol. The molecule has 36 heavy (non-hydrogen) atoms. The highest BCUT2D eigenvalue weighted by atomic mass is 32.1. The van der Waals surface area contributed by atoms with E-state index in [4.69, 9.17) is 16.1 Å². The minimum atomic E-state index is -0.757. The highest BCUT2D eigenvalue weighted by molar-refractivity contribution is 7.18. The van der Waals surface area contributed by atoms with Crippen LogP contribution in [0.1, 0.15) is 63.6 Å². The molecule has 0 aliphatic carbocycles. The summed E-state index contributed by atoms with van der Waals surface area (Å²) in [6.07, 6.45) is 7.86. The van der Waals surface area contributed by atoms with Gasteiger partial charge >= 0.3 is 11.8 Å². The largest absolute Gasteiger partial charge is 0.396 e. The van der Waals surface area contributed by atoms with Crippen molar-refractivity contribution in [2.24, 2.45) is 5.92 Å². The van der Waals surface area contributed by atoms with Crippen molar-refractivity contribution in [3.05, 3.63) is 46.7 Å². The van der Waals surface area contributed by atoms with Crippen LogP contribution in [0.5, 0.6) is 0 Å². The maximum atomic E-state index is 13.4. The quantitative estimate of drug-likeness (QED) is 0.308. The number of piperidine rings is 2. The van der Waals surface area contributed by atoms with Gasteiger partial charge in [-0.1, -0.05) is 13.0 Å². The number of fused-ring (bicyclic) bond motifs is 1. The van der Waals surface area contributed by atoms with Gasteiger partial charge in [-0.3, -0.25) is 14.6 Å². The Kier molecular flexibility index (Phi) is 6.97. The number of nitrogens with two attached hydrogens (primary N) is 1. The monoisotopic (exact) mass is 509 g/mol. The van der Waals surface area contributed by atoms with Gasteiger partial charge in [0.15, 0.2) is 0 Å². The van der Waals surface area contributed by atoms with Gasteiger partial charge in [0.1, 0.15) is 0 Å². The number of amides is 2. The Morgan fingerprint density at radius 2 is 2.06 bits per heavy atom. The van der Waals surface area contributed by atoms with Gasteiger partial charge in [0, 0.05) is 33.3 Å². The van der Waals surface area contributed by atoms with Crippen molar-refractivity contribution in [1.29, 1.82) is 5.41 Å². The second-order valence-corrected chi connectivity index (χ2v) is 10.8. The number of rotatable bonds is 4. The fourth-order valence-electron chi connectivity index (χ4n) is 5.14. The number of nitrogens with one attached hydrogen (secondary N) is 3. The molecule has 2 atom stereocenters. The van der Waals surface area contributed by atoms with Gasteiger partial charge in [-0.05, 0) is 62.4 Å². The first-order valence-corrected chi connectivity index (χ1v) is 13.2. The van der Waals surface area contributed by atoms with Crippen LogP contribution in [0.25, 0.3) is 10.2 Å². The maximum Gasteiger partial charge on any atom is 0.314 e. The zero-order valence-electron chi connectivity index (χ0n) is 20.3. The number of carbonyl (C=O) groups is 2. The SMILES string of the molecule is C[C@H]1CC[C@H](c2ccc3sc(C4CCNCC4)nc3c2)N(C(=O)C(=O)Nc2cncc(C=N)c2N)C1.[HH].[HH]. The van der Waals surface area contributed by atoms with Crippen LogP contribution in [0.2, 0.25) is 0 Å². The lowest BCUT2D eigenvalue weighted by molar-refractivity contribution is -0.146. The molecule has 0 spiro atoms. The zero-order valence-corrected chi connectivity index (χ0v) is 21.1. The number of likely N-dealkylation sites (tertiary alicyclic amines) is 1. The third kappa shape index (κ3) is 4.83. The molecule has 3 aromatic rings. The molecule has 4 heterocycles. The van der Waals surface area contributed by atoms with Gasteiger partial charge in [-0.2, -0.15) is 0 Å². The lowest BCUT2D eigenvalue weighted by Gasteiger charge is -2.38. The van der Waals surface area contributed by atoms with Crippen LogP contribution in [0.15, 0.2) is 30.6 Å². The standard InChI is InChI=1S/C26H31N7O2S.2H2/c1-15-2-4-21(17-3-5-22-19(10-17)32-25(36-22)16-6-8-29-9-7-16)33(14-15)26(35)24(34)31-20-13-30-12-18(11-27)23(20)28;;/h3,5,10-13,15-16,21,27,29H,2,4,6-9,14H2,1H3,(H2,28,30)(H,31,34);2*1H/t15-,21+;;/m0../s1. The summed E-state index contributed by atoms with van der Waals surface area (Å²) in [6.45, 7) is 4.65. The maximum absolute atomic E-state index is 13.4. The van der Waals surface area contributed by atoms with Crippen molar-refractivity contribution >= 4 is 51.0 Å². The first-order chi connectivity index (χ1) is 17.4. The molecular formula is C26H35N7O2S. The first-order valence-electron chi connectivity index (χ1n) is 12.4. The summed E-state index contributed by atoms with van der Waals surface area (Å²) in [5, 5.41) is 14.6. The number of benzene rings is 1. The van der Waals surface area contributed by atoms with Crippen molar-refractivity contribution in [2.75, 3.05) is 30.7 Å². The van der Waals surface area contributed by atoms with Crippen LogP contribution in [-0.2, 0) is 9.59 Å². The number of nitrogen functional groups attached to an aromatic ring is 1. The van der Waals surface area contributed by atoms with Gasteiger partial charge in [0.05, 0.1) is 38.8 Å². The highest BCUT2D eigenvalue weighted by Crippen LogP contribution is 2.37. The van der Waals surface area contributed by atoms with Gasteiger partial charge in [-0.15, -0.1) is 11.3 Å². The van der Waals surface area contributed by atoms with Gasteiger partial charge in [0.25, 0.3) is 0 Å². The molecule has 0 saturated carbocycles. The normalized spacial score (nSPS) is 20.9. The molecule has 0 bridgehead atoms. The molecule has 2 saturated heterocycles. The topological polar surface area (TPSA) is 137 Å². The number of thiazole rings is 1. The zero-order chi connectivity index (χ0) is 25.2. The molecule has 5 N–H and O–H groups in total. The Balaban J connectivity index is 0.00000200. The van der Waals surface area contributed by atoms with E-state index < -0.39 is 11.8 Å². The second kappa shape index (κ2) is 10.3. The van der Waals surface area contributed by atoms with Gasteiger partial charge in [-0.25, -0.2) is 4.98 Å². The Labute approximate surface area is 217 Å². The Bertz CT molecular complexity index is 1310. The molecule has 9 nitrogen and oxygen atoms in total. The molecule has 2 fully saturated rings. The third-order valence-electron chi connectivity index (χ3n) is 7.20. The number of carbonyl (C=O) groups excluding carboxylic acids is 2. The van der Waals surface area contributed by atoms with E-state index in [0.717, 1.165) is 60.8 Å². The van der Waals surface area contributed by atoms with Crippen molar-refractivity contribution in [3.63, 3.8) is 0 Å². The van der Waals surface area contributed by atoms with Crippen LogP contribution in [0.3, 0.4) is 0 Å². The van der Waals surface area contributed by atoms with Crippen LogP contribution >= 0.6 is 11.3 Å². The van der Waals surface area contributed by atoms with E-state index in [0.29, 0.717) is 23.9 Å². The highest BCUT2D eigenvalue weighted by Gasteiger charge is 2.35. The number of pyridine rings is 1. The summed E-state index contributed by atoms with van der Waals surface area (Å²) >= 11 is 1.76. The summed E-state index contributed by atoms with van der Waals surface area (Å²) in [6, 6.07) is 6.06. The van der Waals surface area contributed by atoms with E-state index in [2.05, 4.69) is 40.7 Å². The molecule has 0 radical (unpaired) electrons. The summed E-state index contributed by atoms with van der Waals surface area (Å²) in [5.41, 5.74) is 8.81. The van der Waals surface area contributed by atoms with Crippen LogP contribution in [0, 0.1) is 11.3 Å². The fraction of sp³-hybridized carbons (Fsp3) is 0.423. The van der Waals surface area contributed by atoms with Crippen molar-refractivity contribution in [2.45, 2.75) is 44.6 Å². The lowest BCUT2D eigenvalue weighted by atomic mass is 9.89. The Hall–Kier alpha value is -3.37. The second-order valence-electron chi connectivity index (χ2n) is 9.75. The number of aromatic nitrogens is 2. The molecule has 2 amide bonds. The minimum absolute atomic E-state index is 0. The van der Waals surface area contributed by atoms with Crippen LogP contribution in [-0.4, -0.2) is 52.5 Å². The van der Waals surface area contributed by atoms with Gasteiger partial charge in [0.2, 0.25) is 0 Å². The summed E-state index contributed by atoms with van der Waals surface area (Å²) < 4.78 is 1.15. The number of hydrogen-bond donors (Lipinski definition) is 4. The number of nitrogens with zero attached hydrogens (tertiary/aromatic N) is 3. The predicted molar refractivity (Wildman–Crippen MR) is 147 cm³/mol.